The highest BCUT2D eigenvalue weighted by atomic mass is 19.4. The Morgan fingerprint density at radius 3 is 2.28 bits per heavy atom. The third kappa shape index (κ3) is 5.68. The minimum Gasteiger partial charge on any atom is -0.324 e. The van der Waals surface area contributed by atoms with Gasteiger partial charge in [0.05, 0.1) is 5.56 Å². The van der Waals surface area contributed by atoms with E-state index in [1.165, 1.54) is 28.9 Å². The van der Waals surface area contributed by atoms with Crippen molar-refractivity contribution in [2.45, 2.75) is 38.9 Å². The zero-order chi connectivity index (χ0) is 23.5. The molecule has 0 aliphatic heterocycles. The molecule has 0 fully saturated rings. The van der Waals surface area contributed by atoms with Crippen LogP contribution in [0.2, 0.25) is 0 Å². The lowest BCUT2D eigenvalue weighted by molar-refractivity contribution is -0.137. The highest BCUT2D eigenvalue weighted by Crippen LogP contribution is 2.30. The summed E-state index contributed by atoms with van der Waals surface area (Å²) in [5.41, 5.74) is -0.707. The van der Waals surface area contributed by atoms with E-state index in [1.54, 1.807) is 12.1 Å². The first-order valence-corrected chi connectivity index (χ1v) is 9.58. The van der Waals surface area contributed by atoms with Crippen LogP contribution in [0.15, 0.2) is 48.5 Å². The maximum absolute atomic E-state index is 12.9. The number of tetrazole rings is 1. The number of nitrogens with zero attached hydrogens (tertiary/aromatic N) is 4. The van der Waals surface area contributed by atoms with Crippen LogP contribution in [0, 0.1) is 0 Å². The Morgan fingerprint density at radius 1 is 0.969 bits per heavy atom. The fourth-order valence-corrected chi connectivity index (χ4v) is 2.90. The zero-order valence-electron chi connectivity index (χ0n) is 17.6. The van der Waals surface area contributed by atoms with Crippen LogP contribution in [0.4, 0.5) is 24.5 Å². The number of rotatable bonds is 5. The highest BCUT2D eigenvalue weighted by Gasteiger charge is 2.30. The summed E-state index contributed by atoms with van der Waals surface area (Å²) in [6.07, 6.45) is -4.52. The van der Waals surface area contributed by atoms with Gasteiger partial charge >= 0.3 is 6.18 Å². The standard InChI is InChI=1S/C21H21F3N6O2/c1-20(2,3)19-27-28-29-30(19)12-17(31)25-15-8-4-6-13(10-15)18(32)26-16-9-5-7-14(11-16)21(22,23)24/h4-11H,12H2,1-3H3,(H,25,31)(H,26,32). The van der Waals surface area contributed by atoms with Crippen molar-refractivity contribution >= 4 is 23.2 Å². The lowest BCUT2D eigenvalue weighted by atomic mass is 9.96. The SMILES string of the molecule is CC(C)(C)c1nnnn1CC(=O)Nc1cccc(C(=O)Nc2cccc(C(F)(F)F)c2)c1. The van der Waals surface area contributed by atoms with Gasteiger partial charge in [0.25, 0.3) is 5.91 Å². The predicted molar refractivity (Wildman–Crippen MR) is 111 cm³/mol. The van der Waals surface area contributed by atoms with Crippen molar-refractivity contribution < 1.29 is 22.8 Å². The highest BCUT2D eigenvalue weighted by molar-refractivity contribution is 6.05. The molecule has 8 nitrogen and oxygen atoms in total. The largest absolute Gasteiger partial charge is 0.416 e. The molecule has 0 aliphatic rings. The van der Waals surface area contributed by atoms with Gasteiger partial charge in [0.2, 0.25) is 5.91 Å². The van der Waals surface area contributed by atoms with Crippen molar-refractivity contribution in [2.75, 3.05) is 10.6 Å². The molecule has 2 amide bonds. The molecule has 11 heteroatoms. The summed E-state index contributed by atoms with van der Waals surface area (Å²) in [7, 11) is 0. The normalized spacial score (nSPS) is 11.8. The average Bonchev–Trinajstić information content (AvgIpc) is 3.16. The number of hydrogen-bond donors (Lipinski definition) is 2. The molecule has 0 atom stereocenters. The summed E-state index contributed by atoms with van der Waals surface area (Å²) in [5.74, 6) is -0.476. The van der Waals surface area contributed by atoms with Crippen LogP contribution in [0.1, 0.15) is 42.5 Å². The maximum Gasteiger partial charge on any atom is 0.416 e. The van der Waals surface area contributed by atoms with E-state index in [2.05, 4.69) is 26.2 Å². The van der Waals surface area contributed by atoms with Gasteiger partial charge in [0.15, 0.2) is 5.82 Å². The lowest BCUT2D eigenvalue weighted by Crippen LogP contribution is -2.26. The number of hydrogen-bond acceptors (Lipinski definition) is 5. The van der Waals surface area contributed by atoms with Crippen LogP contribution in [-0.2, 0) is 22.9 Å². The lowest BCUT2D eigenvalue weighted by Gasteiger charge is -2.17. The fraction of sp³-hybridized carbons (Fsp3) is 0.286. The molecule has 1 heterocycles. The first kappa shape index (κ1) is 22.9. The average molecular weight is 446 g/mol. The van der Waals surface area contributed by atoms with Crippen LogP contribution in [0.3, 0.4) is 0 Å². The van der Waals surface area contributed by atoms with E-state index in [0.717, 1.165) is 12.1 Å². The van der Waals surface area contributed by atoms with E-state index in [-0.39, 0.29) is 23.2 Å². The number of carbonyl (C=O) groups excluding carboxylic acids is 2. The van der Waals surface area contributed by atoms with Crippen molar-refractivity contribution in [1.29, 1.82) is 0 Å². The molecule has 0 unspecified atom stereocenters. The number of nitrogens with one attached hydrogen (secondary N) is 2. The van der Waals surface area contributed by atoms with Gasteiger partial charge in [-0.3, -0.25) is 9.59 Å². The molecule has 1 aromatic heterocycles. The maximum atomic E-state index is 12.9. The second kappa shape index (κ2) is 8.77. The number of anilines is 2. The van der Waals surface area contributed by atoms with E-state index < -0.39 is 23.6 Å². The van der Waals surface area contributed by atoms with Crippen LogP contribution < -0.4 is 10.6 Å². The van der Waals surface area contributed by atoms with Crippen LogP contribution in [0.5, 0.6) is 0 Å². The Hall–Kier alpha value is -3.76. The van der Waals surface area contributed by atoms with Gasteiger partial charge in [-0.2, -0.15) is 13.2 Å². The number of benzene rings is 2. The molecule has 2 N–H and O–H groups in total. The summed E-state index contributed by atoms with van der Waals surface area (Å²) >= 11 is 0. The first-order chi connectivity index (χ1) is 14.9. The molecular formula is C21H21F3N6O2. The Balaban J connectivity index is 1.68. The number of aromatic nitrogens is 4. The Kier molecular flexibility index (Phi) is 6.28. The summed E-state index contributed by atoms with van der Waals surface area (Å²) in [5, 5.41) is 16.5. The van der Waals surface area contributed by atoms with E-state index in [1.807, 2.05) is 20.8 Å². The summed E-state index contributed by atoms with van der Waals surface area (Å²) in [4.78, 5) is 24.9. The number of carbonyl (C=O) groups is 2. The summed E-state index contributed by atoms with van der Waals surface area (Å²) in [6.45, 7) is 5.62. The minimum atomic E-state index is -4.52. The molecular weight excluding hydrogens is 425 g/mol. The van der Waals surface area contributed by atoms with E-state index >= 15 is 0 Å². The third-order valence-electron chi connectivity index (χ3n) is 4.35. The van der Waals surface area contributed by atoms with Crippen LogP contribution in [-0.4, -0.2) is 32.0 Å². The van der Waals surface area contributed by atoms with Crippen molar-refractivity contribution in [3.05, 3.63) is 65.5 Å². The molecule has 3 rings (SSSR count). The van der Waals surface area contributed by atoms with Gasteiger partial charge in [0.1, 0.15) is 6.54 Å². The molecule has 0 spiro atoms. The van der Waals surface area contributed by atoms with Gasteiger partial charge in [0, 0.05) is 22.4 Å². The van der Waals surface area contributed by atoms with Crippen molar-refractivity contribution in [3.8, 4) is 0 Å². The van der Waals surface area contributed by atoms with Gasteiger partial charge in [-0.25, -0.2) is 4.68 Å². The second-order valence-electron chi connectivity index (χ2n) is 8.07. The minimum absolute atomic E-state index is 0.00709. The predicted octanol–water partition coefficient (Wildman–Crippen LogP) is 3.88. The monoisotopic (exact) mass is 446 g/mol. The third-order valence-corrected chi connectivity index (χ3v) is 4.35. The second-order valence-corrected chi connectivity index (χ2v) is 8.07. The topological polar surface area (TPSA) is 102 Å². The first-order valence-electron chi connectivity index (χ1n) is 9.58. The molecule has 0 bridgehead atoms. The number of halogens is 3. The molecule has 0 aliphatic carbocycles. The Bertz CT molecular complexity index is 1130. The molecule has 32 heavy (non-hydrogen) atoms. The number of amides is 2. The quantitative estimate of drug-likeness (QED) is 0.619. The Morgan fingerprint density at radius 2 is 1.62 bits per heavy atom. The van der Waals surface area contributed by atoms with E-state index in [9.17, 15) is 22.8 Å². The fourth-order valence-electron chi connectivity index (χ4n) is 2.90. The number of alkyl halides is 3. The van der Waals surface area contributed by atoms with Gasteiger partial charge in [-0.1, -0.05) is 32.9 Å². The molecule has 0 saturated carbocycles. The van der Waals surface area contributed by atoms with Gasteiger partial charge in [-0.05, 0) is 46.8 Å². The summed E-state index contributed by atoms with van der Waals surface area (Å²) < 4.78 is 40.0. The molecule has 3 aromatic rings. The van der Waals surface area contributed by atoms with Gasteiger partial charge < -0.3 is 10.6 Å². The molecule has 0 saturated heterocycles. The van der Waals surface area contributed by atoms with Crippen LogP contribution in [0.25, 0.3) is 0 Å². The summed E-state index contributed by atoms with van der Waals surface area (Å²) in [6, 6.07) is 10.4. The van der Waals surface area contributed by atoms with E-state index in [4.69, 9.17) is 0 Å². The Labute approximate surface area is 181 Å². The molecule has 2 aromatic carbocycles. The van der Waals surface area contributed by atoms with E-state index in [0.29, 0.717) is 11.5 Å². The smallest absolute Gasteiger partial charge is 0.324 e. The molecule has 0 radical (unpaired) electrons. The van der Waals surface area contributed by atoms with Crippen molar-refractivity contribution in [1.82, 2.24) is 20.2 Å². The van der Waals surface area contributed by atoms with Crippen LogP contribution >= 0.6 is 0 Å². The van der Waals surface area contributed by atoms with Crippen molar-refractivity contribution in [2.24, 2.45) is 0 Å². The molecule has 168 valence electrons. The van der Waals surface area contributed by atoms with Gasteiger partial charge in [-0.15, -0.1) is 5.10 Å². The van der Waals surface area contributed by atoms with Crippen molar-refractivity contribution in [3.63, 3.8) is 0 Å². The zero-order valence-corrected chi connectivity index (χ0v) is 17.6.